The Bertz CT molecular complexity index is 588. The normalized spacial score (nSPS) is 10.6. The topological polar surface area (TPSA) is 66.0 Å². The number of hydrogen-bond acceptors (Lipinski definition) is 3. The number of carboxylic acid groups (broad SMARTS) is 1. The Morgan fingerprint density at radius 1 is 1.56 bits per heavy atom. The number of thioether (sulfide) groups is 1. The lowest BCUT2D eigenvalue weighted by Crippen LogP contribution is -1.97. The van der Waals surface area contributed by atoms with E-state index in [0.717, 1.165) is 17.3 Å². The first kappa shape index (κ1) is 13.1. The maximum atomic E-state index is 13.0. The third-order valence-electron chi connectivity index (χ3n) is 2.11. The molecule has 0 saturated carbocycles. The van der Waals surface area contributed by atoms with E-state index in [9.17, 15) is 9.18 Å². The fraction of sp³-hybridized carbons (Fsp3) is 0.0909. The fourth-order valence-corrected chi connectivity index (χ4v) is 2.49. The lowest BCUT2D eigenvalue weighted by Gasteiger charge is -2.01. The predicted octanol–water partition coefficient (Wildman–Crippen LogP) is 3.16. The lowest BCUT2D eigenvalue weighted by atomic mass is 10.2. The molecule has 4 nitrogen and oxygen atoms in total. The van der Waals surface area contributed by atoms with Crippen LogP contribution in [0.3, 0.4) is 0 Å². The molecule has 0 radical (unpaired) electrons. The van der Waals surface area contributed by atoms with E-state index in [2.05, 4.69) is 25.9 Å². The van der Waals surface area contributed by atoms with Gasteiger partial charge in [-0.15, -0.1) is 0 Å². The molecule has 0 amide bonds. The van der Waals surface area contributed by atoms with Crippen LogP contribution in [0.5, 0.6) is 0 Å². The molecule has 1 heterocycles. The van der Waals surface area contributed by atoms with Gasteiger partial charge in [-0.1, -0.05) is 11.8 Å². The highest BCUT2D eigenvalue weighted by Crippen LogP contribution is 2.28. The second-order valence-corrected chi connectivity index (χ2v) is 5.23. The Balaban J connectivity index is 2.21. The van der Waals surface area contributed by atoms with Gasteiger partial charge < -0.3 is 10.1 Å². The zero-order chi connectivity index (χ0) is 13.1. The molecule has 94 valence electrons. The highest BCUT2D eigenvalue weighted by atomic mass is 79.9. The minimum atomic E-state index is -0.902. The fourth-order valence-electron chi connectivity index (χ4n) is 1.35. The molecule has 0 aliphatic rings. The second kappa shape index (κ2) is 5.53. The molecule has 0 saturated heterocycles. The molecule has 0 fully saturated rings. The standard InChI is InChI=1S/C11H8BrFN2O2S/c12-8-3-6(13)1-2-7(8)9-4-14-11(15-9)18-5-10(16)17/h1-4H,5H2,(H,14,15)(H,16,17). The number of hydrogen-bond donors (Lipinski definition) is 2. The van der Waals surface area contributed by atoms with Crippen LogP contribution >= 0.6 is 27.7 Å². The van der Waals surface area contributed by atoms with Crippen molar-refractivity contribution in [1.82, 2.24) is 9.97 Å². The lowest BCUT2D eigenvalue weighted by molar-refractivity contribution is -0.133. The summed E-state index contributed by atoms with van der Waals surface area (Å²) in [5.41, 5.74) is 1.47. The van der Waals surface area contributed by atoms with Crippen molar-refractivity contribution < 1.29 is 14.3 Å². The summed E-state index contributed by atoms with van der Waals surface area (Å²) in [4.78, 5) is 17.5. The molecule has 0 bridgehead atoms. The summed E-state index contributed by atoms with van der Waals surface area (Å²) < 4.78 is 13.6. The van der Waals surface area contributed by atoms with Crippen molar-refractivity contribution in [3.63, 3.8) is 0 Å². The van der Waals surface area contributed by atoms with E-state index < -0.39 is 5.97 Å². The number of halogens is 2. The monoisotopic (exact) mass is 330 g/mol. The van der Waals surface area contributed by atoms with Gasteiger partial charge in [0.15, 0.2) is 5.16 Å². The van der Waals surface area contributed by atoms with Gasteiger partial charge in [-0.05, 0) is 34.1 Å². The van der Waals surface area contributed by atoms with Crippen molar-refractivity contribution >= 4 is 33.7 Å². The van der Waals surface area contributed by atoms with Gasteiger partial charge in [0, 0.05) is 10.0 Å². The molecule has 2 rings (SSSR count). The van der Waals surface area contributed by atoms with Crippen molar-refractivity contribution in [3.8, 4) is 11.3 Å². The van der Waals surface area contributed by atoms with Crippen LogP contribution in [0.1, 0.15) is 0 Å². The van der Waals surface area contributed by atoms with Crippen LogP contribution in [0.4, 0.5) is 4.39 Å². The van der Waals surface area contributed by atoms with Gasteiger partial charge in [0.25, 0.3) is 0 Å². The average Bonchev–Trinajstić information content (AvgIpc) is 2.75. The van der Waals surface area contributed by atoms with Crippen molar-refractivity contribution in [1.29, 1.82) is 0 Å². The molecule has 7 heteroatoms. The molecule has 0 unspecified atom stereocenters. The maximum Gasteiger partial charge on any atom is 0.313 e. The third-order valence-corrected chi connectivity index (χ3v) is 3.63. The number of H-pyrrole nitrogens is 1. The number of nitrogens with zero attached hydrogens (tertiary/aromatic N) is 1. The molecule has 0 aliphatic heterocycles. The Morgan fingerprint density at radius 3 is 3.00 bits per heavy atom. The summed E-state index contributed by atoms with van der Waals surface area (Å²) in [5, 5.41) is 9.08. The summed E-state index contributed by atoms with van der Waals surface area (Å²) in [6.07, 6.45) is 1.59. The van der Waals surface area contributed by atoms with E-state index in [1.165, 1.54) is 12.1 Å². The van der Waals surface area contributed by atoms with Gasteiger partial charge in [0.1, 0.15) is 5.82 Å². The van der Waals surface area contributed by atoms with E-state index in [4.69, 9.17) is 5.11 Å². The highest BCUT2D eigenvalue weighted by molar-refractivity contribution is 9.10. The van der Waals surface area contributed by atoms with Crippen molar-refractivity contribution in [3.05, 3.63) is 34.7 Å². The van der Waals surface area contributed by atoms with Gasteiger partial charge in [0.2, 0.25) is 0 Å². The van der Waals surface area contributed by atoms with Crippen LogP contribution in [0.15, 0.2) is 34.0 Å². The molecule has 0 atom stereocenters. The van der Waals surface area contributed by atoms with Crippen molar-refractivity contribution in [2.75, 3.05) is 5.75 Å². The van der Waals surface area contributed by atoms with Gasteiger partial charge >= 0.3 is 5.97 Å². The Labute approximate surface area is 115 Å². The number of aromatic nitrogens is 2. The number of imidazole rings is 1. The van der Waals surface area contributed by atoms with E-state index in [1.807, 2.05) is 0 Å². The smallest absolute Gasteiger partial charge is 0.313 e. The molecule has 1 aromatic heterocycles. The molecular weight excluding hydrogens is 323 g/mol. The van der Waals surface area contributed by atoms with E-state index in [-0.39, 0.29) is 11.6 Å². The maximum absolute atomic E-state index is 13.0. The largest absolute Gasteiger partial charge is 0.481 e. The van der Waals surface area contributed by atoms with Gasteiger partial charge in [-0.25, -0.2) is 9.37 Å². The summed E-state index contributed by atoms with van der Waals surface area (Å²) in [6, 6.07) is 4.34. The van der Waals surface area contributed by atoms with E-state index >= 15 is 0 Å². The van der Waals surface area contributed by atoms with E-state index in [1.54, 1.807) is 12.3 Å². The van der Waals surface area contributed by atoms with Crippen LogP contribution in [0.25, 0.3) is 11.3 Å². The second-order valence-electron chi connectivity index (χ2n) is 3.41. The number of carbonyl (C=O) groups is 1. The van der Waals surface area contributed by atoms with Crippen LogP contribution in [0.2, 0.25) is 0 Å². The number of nitrogens with one attached hydrogen (secondary N) is 1. The Morgan fingerprint density at radius 2 is 2.33 bits per heavy atom. The number of rotatable bonds is 4. The Hall–Kier alpha value is -1.34. The van der Waals surface area contributed by atoms with Gasteiger partial charge in [-0.2, -0.15) is 0 Å². The summed E-state index contributed by atoms with van der Waals surface area (Å²) in [6.45, 7) is 0. The minimum absolute atomic E-state index is 0.0580. The number of aromatic amines is 1. The minimum Gasteiger partial charge on any atom is -0.481 e. The molecular formula is C11H8BrFN2O2S. The van der Waals surface area contributed by atoms with Crippen LogP contribution in [-0.4, -0.2) is 26.8 Å². The van der Waals surface area contributed by atoms with Crippen molar-refractivity contribution in [2.24, 2.45) is 0 Å². The molecule has 2 N–H and O–H groups in total. The molecule has 18 heavy (non-hydrogen) atoms. The Kier molecular flexibility index (Phi) is 4.03. The van der Waals surface area contributed by atoms with Gasteiger partial charge in [0.05, 0.1) is 17.6 Å². The summed E-state index contributed by atoms with van der Waals surface area (Å²) in [7, 11) is 0. The molecule has 0 spiro atoms. The number of carboxylic acids is 1. The quantitative estimate of drug-likeness (QED) is 0.845. The SMILES string of the molecule is O=C(O)CSc1ncc(-c2ccc(F)cc2Br)[nH]1. The first-order valence-corrected chi connectivity index (χ1v) is 6.69. The van der Waals surface area contributed by atoms with Crippen LogP contribution < -0.4 is 0 Å². The third kappa shape index (κ3) is 3.11. The molecule has 0 aliphatic carbocycles. The summed E-state index contributed by atoms with van der Waals surface area (Å²) >= 11 is 4.36. The van der Waals surface area contributed by atoms with Crippen molar-refractivity contribution in [2.45, 2.75) is 5.16 Å². The molecule has 2 aromatic rings. The van der Waals surface area contributed by atoms with Crippen LogP contribution in [0, 0.1) is 5.82 Å². The predicted molar refractivity (Wildman–Crippen MR) is 70.0 cm³/mol. The number of benzene rings is 1. The van der Waals surface area contributed by atoms with Gasteiger partial charge in [-0.3, -0.25) is 4.79 Å². The zero-order valence-corrected chi connectivity index (χ0v) is 11.4. The van der Waals surface area contributed by atoms with E-state index in [0.29, 0.717) is 15.3 Å². The first-order chi connectivity index (χ1) is 8.56. The first-order valence-electron chi connectivity index (χ1n) is 4.91. The molecule has 1 aromatic carbocycles. The number of aliphatic carboxylic acids is 1. The zero-order valence-electron chi connectivity index (χ0n) is 8.98. The summed E-state index contributed by atoms with van der Waals surface area (Å²) in [5.74, 6) is -1.29. The highest BCUT2D eigenvalue weighted by Gasteiger charge is 2.09. The average molecular weight is 331 g/mol. The van der Waals surface area contributed by atoms with Crippen LogP contribution in [-0.2, 0) is 4.79 Å².